The Bertz CT molecular complexity index is 1370. The average molecular weight is 503 g/mol. The number of alkyl halides is 3. The van der Waals surface area contributed by atoms with Crippen LogP contribution in [0.5, 0.6) is 0 Å². The summed E-state index contributed by atoms with van der Waals surface area (Å²) < 4.78 is 40.6. The Morgan fingerprint density at radius 3 is 2.29 bits per heavy atom. The van der Waals surface area contributed by atoms with Crippen molar-refractivity contribution in [3.8, 4) is 0 Å². The van der Waals surface area contributed by atoms with Crippen LogP contribution in [0.25, 0.3) is 10.9 Å². The van der Waals surface area contributed by atoms with Crippen LogP contribution in [0.3, 0.4) is 0 Å². The van der Waals surface area contributed by atoms with Crippen molar-refractivity contribution in [2.24, 2.45) is 10.8 Å². The SMILES string of the molecule is O=C(NC1(C23CC(C(=O)O)(C2)C3)CC1)c1cc(Cl)cc2ccn(Cc3ccc(C(F)(F)F)cc3)c12. The Hall–Kier alpha value is -3.00. The van der Waals surface area contributed by atoms with E-state index in [0.717, 1.165) is 30.4 Å². The second-order valence-electron chi connectivity index (χ2n) is 10.5. The lowest BCUT2D eigenvalue weighted by molar-refractivity contribution is -0.236. The molecule has 4 aliphatic carbocycles. The van der Waals surface area contributed by atoms with Gasteiger partial charge in [0.1, 0.15) is 0 Å². The summed E-state index contributed by atoms with van der Waals surface area (Å²) >= 11 is 6.31. The minimum absolute atomic E-state index is 0.138. The van der Waals surface area contributed by atoms with Crippen molar-refractivity contribution in [3.05, 3.63) is 70.4 Å². The number of rotatable bonds is 6. The highest BCUT2D eigenvalue weighted by molar-refractivity contribution is 6.32. The molecule has 2 bridgehead atoms. The summed E-state index contributed by atoms with van der Waals surface area (Å²) in [6.45, 7) is 0.291. The molecule has 0 saturated heterocycles. The van der Waals surface area contributed by atoms with Gasteiger partial charge in [-0.2, -0.15) is 13.2 Å². The summed E-state index contributed by atoms with van der Waals surface area (Å²) in [5, 5.41) is 13.8. The van der Waals surface area contributed by atoms with E-state index >= 15 is 0 Å². The molecule has 2 N–H and O–H groups in total. The Labute approximate surface area is 203 Å². The lowest BCUT2D eigenvalue weighted by Gasteiger charge is -2.71. The number of carboxylic acids is 1. The zero-order valence-electron chi connectivity index (χ0n) is 18.6. The first-order valence-electron chi connectivity index (χ1n) is 11.5. The molecule has 1 amide bonds. The zero-order valence-corrected chi connectivity index (χ0v) is 19.3. The fourth-order valence-electron chi connectivity index (χ4n) is 6.33. The summed E-state index contributed by atoms with van der Waals surface area (Å²) in [7, 11) is 0. The second kappa shape index (κ2) is 7.03. The van der Waals surface area contributed by atoms with E-state index in [9.17, 15) is 27.9 Å². The maximum atomic E-state index is 13.5. The minimum Gasteiger partial charge on any atom is -0.481 e. The highest BCUT2D eigenvalue weighted by Crippen LogP contribution is 2.81. The van der Waals surface area contributed by atoms with E-state index in [2.05, 4.69) is 5.32 Å². The first-order chi connectivity index (χ1) is 16.5. The zero-order chi connectivity index (χ0) is 24.8. The third kappa shape index (κ3) is 3.29. The number of benzene rings is 2. The molecule has 4 fully saturated rings. The fraction of sp³-hybridized carbons (Fsp3) is 0.385. The van der Waals surface area contributed by atoms with Gasteiger partial charge in [-0.25, -0.2) is 0 Å². The van der Waals surface area contributed by atoms with Crippen LogP contribution < -0.4 is 5.32 Å². The molecule has 0 aliphatic heterocycles. The van der Waals surface area contributed by atoms with Crippen molar-refractivity contribution in [1.82, 2.24) is 9.88 Å². The van der Waals surface area contributed by atoms with Crippen LogP contribution >= 0.6 is 11.6 Å². The molecule has 4 saturated carbocycles. The number of nitrogens with zero attached hydrogens (tertiary/aromatic N) is 1. The molecule has 3 aromatic rings. The number of aliphatic carboxylic acids is 1. The predicted molar refractivity (Wildman–Crippen MR) is 123 cm³/mol. The van der Waals surface area contributed by atoms with E-state index < -0.39 is 23.1 Å². The lowest BCUT2D eigenvalue weighted by atomic mass is 9.32. The van der Waals surface area contributed by atoms with Gasteiger partial charge in [-0.3, -0.25) is 9.59 Å². The van der Waals surface area contributed by atoms with Crippen molar-refractivity contribution in [2.45, 2.75) is 50.4 Å². The van der Waals surface area contributed by atoms with Crippen molar-refractivity contribution in [1.29, 1.82) is 0 Å². The molecule has 7 rings (SSSR count). The van der Waals surface area contributed by atoms with Crippen LogP contribution in [0, 0.1) is 10.8 Å². The minimum atomic E-state index is -4.40. The number of aromatic nitrogens is 1. The van der Waals surface area contributed by atoms with E-state index in [1.165, 1.54) is 12.1 Å². The van der Waals surface area contributed by atoms with Crippen LogP contribution in [-0.4, -0.2) is 27.1 Å². The van der Waals surface area contributed by atoms with Gasteiger partial charge in [0, 0.05) is 28.7 Å². The van der Waals surface area contributed by atoms with Crippen molar-refractivity contribution in [2.75, 3.05) is 0 Å². The van der Waals surface area contributed by atoms with E-state index in [1.54, 1.807) is 18.3 Å². The third-order valence-electron chi connectivity index (χ3n) is 8.31. The van der Waals surface area contributed by atoms with Crippen LogP contribution in [0.2, 0.25) is 5.02 Å². The predicted octanol–water partition coefficient (Wildman–Crippen LogP) is 5.88. The molecular formula is C26H22ClF3N2O3. The molecule has 1 aromatic heterocycles. The highest BCUT2D eigenvalue weighted by atomic mass is 35.5. The Balaban J connectivity index is 1.28. The van der Waals surface area contributed by atoms with E-state index in [0.29, 0.717) is 47.5 Å². The van der Waals surface area contributed by atoms with Gasteiger partial charge in [-0.15, -0.1) is 0 Å². The monoisotopic (exact) mass is 502 g/mol. The van der Waals surface area contributed by atoms with E-state index in [4.69, 9.17) is 11.6 Å². The largest absolute Gasteiger partial charge is 0.481 e. The van der Waals surface area contributed by atoms with Gasteiger partial charge in [0.2, 0.25) is 0 Å². The molecule has 2 aromatic carbocycles. The van der Waals surface area contributed by atoms with Gasteiger partial charge in [0.05, 0.1) is 22.1 Å². The summed E-state index contributed by atoms with van der Waals surface area (Å²) in [4.78, 5) is 25.0. The first-order valence-corrected chi connectivity index (χ1v) is 11.8. The third-order valence-corrected chi connectivity index (χ3v) is 8.52. The normalized spacial score (nSPS) is 26.1. The average Bonchev–Trinajstić information content (AvgIpc) is 3.37. The lowest BCUT2D eigenvalue weighted by Crippen LogP contribution is -2.73. The van der Waals surface area contributed by atoms with Crippen LogP contribution in [0.4, 0.5) is 13.2 Å². The van der Waals surface area contributed by atoms with Gasteiger partial charge in [0.25, 0.3) is 5.91 Å². The topological polar surface area (TPSA) is 71.3 Å². The number of nitrogens with one attached hydrogen (secondary N) is 1. The second-order valence-corrected chi connectivity index (χ2v) is 10.9. The Morgan fingerprint density at radius 1 is 1.06 bits per heavy atom. The Kier molecular flexibility index (Phi) is 4.51. The number of halogens is 4. The quantitative estimate of drug-likeness (QED) is 0.442. The summed E-state index contributed by atoms with van der Waals surface area (Å²) in [5.74, 6) is -1.02. The Morgan fingerprint density at radius 2 is 1.71 bits per heavy atom. The smallest absolute Gasteiger partial charge is 0.416 e. The number of amides is 1. The molecule has 0 spiro atoms. The van der Waals surface area contributed by atoms with Gasteiger partial charge < -0.3 is 15.0 Å². The molecule has 4 aliphatic rings. The molecule has 1 heterocycles. The maximum Gasteiger partial charge on any atom is 0.416 e. The summed E-state index contributed by atoms with van der Waals surface area (Å²) in [6, 6.07) is 10.2. The molecule has 9 heteroatoms. The molecular weight excluding hydrogens is 481 g/mol. The van der Waals surface area contributed by atoms with E-state index in [1.807, 2.05) is 10.6 Å². The van der Waals surface area contributed by atoms with Gasteiger partial charge in [-0.1, -0.05) is 23.7 Å². The number of carboxylic acid groups (broad SMARTS) is 1. The van der Waals surface area contributed by atoms with Crippen LogP contribution in [0.15, 0.2) is 48.7 Å². The highest BCUT2D eigenvalue weighted by Gasteiger charge is 2.81. The van der Waals surface area contributed by atoms with Crippen LogP contribution in [-0.2, 0) is 17.5 Å². The number of fused-ring (bicyclic) bond motifs is 1. The molecule has 0 unspecified atom stereocenters. The standard InChI is InChI=1S/C26H22ClF3N2O3/c27-18-9-16-5-8-32(11-15-1-3-17(4-2-15)26(28,29)30)20(16)19(10-18)21(33)31-25(6-7-25)24-12-23(13-24,14-24)22(34)35/h1-5,8-10H,6-7,11-14H2,(H,31,33)(H,34,35). The summed E-state index contributed by atoms with van der Waals surface area (Å²) in [6.07, 6.45) is 0.847. The summed E-state index contributed by atoms with van der Waals surface area (Å²) in [5.41, 5.74) is -0.110. The molecule has 0 radical (unpaired) electrons. The number of carbonyl (C=O) groups excluding carboxylic acids is 1. The van der Waals surface area contributed by atoms with Crippen molar-refractivity contribution < 1.29 is 27.9 Å². The van der Waals surface area contributed by atoms with Crippen molar-refractivity contribution in [3.63, 3.8) is 0 Å². The number of carbonyl (C=O) groups is 2. The fourth-order valence-corrected chi connectivity index (χ4v) is 6.56. The first kappa shape index (κ1) is 22.5. The molecule has 0 atom stereocenters. The number of hydrogen-bond acceptors (Lipinski definition) is 2. The maximum absolute atomic E-state index is 13.5. The van der Waals surface area contributed by atoms with Crippen molar-refractivity contribution >= 4 is 34.4 Å². The van der Waals surface area contributed by atoms with Gasteiger partial charge >= 0.3 is 12.1 Å². The van der Waals surface area contributed by atoms with Gasteiger partial charge in [0.15, 0.2) is 0 Å². The van der Waals surface area contributed by atoms with Crippen LogP contribution in [0.1, 0.15) is 53.6 Å². The molecule has 5 nitrogen and oxygen atoms in total. The van der Waals surface area contributed by atoms with E-state index in [-0.39, 0.29) is 16.9 Å². The van der Waals surface area contributed by atoms with Gasteiger partial charge in [-0.05, 0) is 73.4 Å². The molecule has 182 valence electrons. The molecule has 35 heavy (non-hydrogen) atoms. The number of hydrogen-bond donors (Lipinski definition) is 2.